The number of ether oxygens (including phenoxy) is 3. The Kier molecular flexibility index (Phi) is 17.8. The third-order valence-corrected chi connectivity index (χ3v) is 7.76. The summed E-state index contributed by atoms with van der Waals surface area (Å²) < 4.78 is 16.3. The lowest BCUT2D eigenvalue weighted by molar-refractivity contribution is -0.129. The van der Waals surface area contributed by atoms with Crippen LogP contribution < -0.4 is 16.8 Å². The van der Waals surface area contributed by atoms with E-state index in [0.29, 0.717) is 37.2 Å². The number of hydrogen-bond acceptors (Lipinski definition) is 6. The fraction of sp³-hybridized carbons (Fsp3) is 0.750. The van der Waals surface area contributed by atoms with Gasteiger partial charge in [0, 0.05) is 38.6 Å². The largest absolute Gasteiger partial charge is 0.494 e. The number of allylic oxidation sites excluding steroid dienone is 4. The minimum Gasteiger partial charge on any atom is -0.494 e. The van der Waals surface area contributed by atoms with Crippen LogP contribution in [0, 0.1) is 35.0 Å². The van der Waals surface area contributed by atoms with Crippen LogP contribution in [0.25, 0.3) is 0 Å². The smallest absolute Gasteiger partial charge is 0.224 e. The van der Waals surface area contributed by atoms with Crippen molar-refractivity contribution in [1.29, 1.82) is 0 Å². The van der Waals surface area contributed by atoms with E-state index in [2.05, 4.69) is 32.7 Å². The molecule has 40 heavy (non-hydrogen) atoms. The molecule has 0 aliphatic heterocycles. The van der Waals surface area contributed by atoms with Crippen LogP contribution in [0.1, 0.15) is 81.1 Å². The number of carbonyl (C=O) groups is 2. The van der Waals surface area contributed by atoms with Crippen molar-refractivity contribution in [2.75, 3.05) is 34.0 Å². The Morgan fingerprint density at radius 1 is 1.00 bits per heavy atom. The lowest BCUT2D eigenvalue weighted by Gasteiger charge is -2.31. The number of carbonyl (C=O) groups excluding carboxylic acids is 2. The van der Waals surface area contributed by atoms with Crippen molar-refractivity contribution in [3.8, 4) is 0 Å². The number of nitrogens with one attached hydrogen (secondary N) is 1. The van der Waals surface area contributed by atoms with Gasteiger partial charge in [0.05, 0.1) is 19.1 Å². The predicted octanol–water partition coefficient (Wildman–Crippen LogP) is 5.34. The van der Waals surface area contributed by atoms with E-state index in [1.807, 2.05) is 32.9 Å². The maximum atomic E-state index is 13.0. The zero-order valence-corrected chi connectivity index (χ0v) is 27.0. The fourth-order valence-corrected chi connectivity index (χ4v) is 4.38. The topological polar surface area (TPSA) is 126 Å². The van der Waals surface area contributed by atoms with Gasteiger partial charge in [0.15, 0.2) is 5.76 Å². The van der Waals surface area contributed by atoms with Crippen LogP contribution >= 0.6 is 0 Å². The van der Waals surface area contributed by atoms with Crippen molar-refractivity contribution >= 4 is 11.8 Å². The molecule has 5 N–H and O–H groups in total. The monoisotopic (exact) mass is 565 g/mol. The van der Waals surface area contributed by atoms with Gasteiger partial charge in [0.1, 0.15) is 5.76 Å². The van der Waals surface area contributed by atoms with Crippen molar-refractivity contribution in [2.45, 2.75) is 87.1 Å². The Bertz CT molecular complexity index is 847. The molecule has 0 aromatic heterocycles. The van der Waals surface area contributed by atoms with E-state index in [9.17, 15) is 9.59 Å². The Balaban J connectivity index is 5.21. The van der Waals surface area contributed by atoms with Gasteiger partial charge in [-0.25, -0.2) is 0 Å². The van der Waals surface area contributed by atoms with E-state index >= 15 is 0 Å². The Labute approximate surface area is 244 Å². The highest BCUT2D eigenvalue weighted by molar-refractivity contribution is 5.83. The molecule has 0 aliphatic carbocycles. The summed E-state index contributed by atoms with van der Waals surface area (Å²) in [6.45, 7) is 21.7. The first-order valence-electron chi connectivity index (χ1n) is 14.6. The van der Waals surface area contributed by atoms with Crippen LogP contribution in [0.2, 0.25) is 0 Å². The van der Waals surface area contributed by atoms with E-state index in [1.54, 1.807) is 28.1 Å². The first-order valence-corrected chi connectivity index (χ1v) is 14.6. The molecular weight excluding hydrogens is 506 g/mol. The second-order valence-corrected chi connectivity index (χ2v) is 12.4. The summed E-state index contributed by atoms with van der Waals surface area (Å²) >= 11 is 0. The van der Waals surface area contributed by atoms with E-state index in [4.69, 9.17) is 25.7 Å². The minimum atomic E-state index is -0.796. The van der Waals surface area contributed by atoms with E-state index in [1.165, 1.54) is 0 Å². The highest BCUT2D eigenvalue weighted by atomic mass is 16.5. The third-order valence-electron chi connectivity index (χ3n) is 7.76. The van der Waals surface area contributed by atoms with Crippen molar-refractivity contribution in [3.05, 3.63) is 35.8 Å². The summed E-state index contributed by atoms with van der Waals surface area (Å²) in [7, 11) is 3.30. The molecule has 2 amide bonds. The molecule has 0 saturated carbocycles. The van der Waals surface area contributed by atoms with Gasteiger partial charge in [-0.3, -0.25) is 9.59 Å². The number of rotatable bonds is 21. The fourth-order valence-electron chi connectivity index (χ4n) is 4.38. The Morgan fingerprint density at radius 3 is 2.12 bits per heavy atom. The molecule has 0 aromatic carbocycles. The maximum Gasteiger partial charge on any atom is 0.224 e. The average Bonchev–Trinajstić information content (AvgIpc) is 2.87. The first kappa shape index (κ1) is 37.7. The van der Waals surface area contributed by atoms with Crippen LogP contribution in [0.4, 0.5) is 0 Å². The van der Waals surface area contributed by atoms with Crippen molar-refractivity contribution in [3.63, 3.8) is 0 Å². The first-order chi connectivity index (χ1) is 18.6. The van der Waals surface area contributed by atoms with Crippen molar-refractivity contribution in [2.24, 2.45) is 46.5 Å². The zero-order valence-electron chi connectivity index (χ0n) is 27.0. The van der Waals surface area contributed by atoms with Gasteiger partial charge in [-0.1, -0.05) is 52.8 Å². The number of hydrogen-bond donors (Lipinski definition) is 3. The lowest BCUT2D eigenvalue weighted by Crippen LogP contribution is -2.45. The Hall–Kier alpha value is -2.32. The van der Waals surface area contributed by atoms with Crippen molar-refractivity contribution < 1.29 is 23.8 Å². The molecule has 0 aromatic rings. The third kappa shape index (κ3) is 14.4. The summed E-state index contributed by atoms with van der Waals surface area (Å²) in [6.07, 6.45) is 7.03. The second-order valence-electron chi connectivity index (χ2n) is 12.4. The van der Waals surface area contributed by atoms with Crippen molar-refractivity contribution in [1.82, 2.24) is 5.32 Å². The minimum absolute atomic E-state index is 0.0535. The van der Waals surface area contributed by atoms with Gasteiger partial charge in [-0.05, 0) is 69.8 Å². The number of nitrogens with two attached hydrogens (primary N) is 2. The molecule has 232 valence electrons. The van der Waals surface area contributed by atoms with Gasteiger partial charge in [-0.2, -0.15) is 0 Å². The van der Waals surface area contributed by atoms with E-state index in [-0.39, 0.29) is 36.2 Å². The zero-order chi connectivity index (χ0) is 31.0. The number of primary amides is 1. The van der Waals surface area contributed by atoms with Crippen LogP contribution in [-0.4, -0.2) is 51.8 Å². The van der Waals surface area contributed by atoms with Crippen LogP contribution in [0.5, 0.6) is 0 Å². The molecule has 0 spiro atoms. The number of amides is 2. The summed E-state index contributed by atoms with van der Waals surface area (Å²) in [5, 5.41) is 2.94. The quantitative estimate of drug-likeness (QED) is 0.0980. The lowest BCUT2D eigenvalue weighted by atomic mass is 9.78. The van der Waals surface area contributed by atoms with Crippen LogP contribution in [0.15, 0.2) is 35.8 Å². The highest BCUT2D eigenvalue weighted by Gasteiger charge is 2.31. The SMILES string of the molecule is C=C(C=CC(OC)=C(C)OCCCOC)CC(CC(N)C(C)CC(C(=O)NCC(C)(C)C(N)=O)C(C)C)C(C)C. The molecule has 0 bridgehead atoms. The number of methoxy groups -OCH3 is 2. The van der Waals surface area contributed by atoms with Gasteiger partial charge in [0.25, 0.3) is 0 Å². The summed E-state index contributed by atoms with van der Waals surface area (Å²) in [4.78, 5) is 24.7. The molecule has 0 aliphatic rings. The standard InChI is InChI=1S/C32H59N3O5/c1-21(2)26(17-23(5)13-14-29(39-11)25(7)40-16-12-15-38-10)19-28(33)24(6)18-27(22(3)4)30(36)35-20-32(8,9)31(34)37/h13-14,21-22,24,26-28H,5,12,15-20,33H2,1-4,6-11H3,(H2,34,37)(H,35,36). The van der Waals surface area contributed by atoms with Crippen LogP contribution in [-0.2, 0) is 23.8 Å². The molecular formula is C32H59N3O5. The predicted molar refractivity (Wildman–Crippen MR) is 164 cm³/mol. The van der Waals surface area contributed by atoms with Gasteiger partial charge >= 0.3 is 0 Å². The van der Waals surface area contributed by atoms with Gasteiger partial charge in [0.2, 0.25) is 11.8 Å². The normalized spacial score (nSPS) is 15.9. The van der Waals surface area contributed by atoms with Crippen LogP contribution in [0.3, 0.4) is 0 Å². The highest BCUT2D eigenvalue weighted by Crippen LogP contribution is 2.30. The molecule has 4 atom stereocenters. The molecule has 0 saturated heterocycles. The summed E-state index contributed by atoms with van der Waals surface area (Å²) in [5.41, 5.74) is 12.4. The molecule has 0 radical (unpaired) electrons. The van der Waals surface area contributed by atoms with Gasteiger partial charge < -0.3 is 31.0 Å². The van der Waals surface area contributed by atoms with Gasteiger partial charge in [-0.15, -0.1) is 0 Å². The molecule has 8 heteroatoms. The molecule has 4 unspecified atom stereocenters. The maximum absolute atomic E-state index is 13.0. The molecule has 0 fully saturated rings. The second kappa shape index (κ2) is 18.9. The molecule has 8 nitrogen and oxygen atoms in total. The average molecular weight is 566 g/mol. The van der Waals surface area contributed by atoms with E-state index in [0.717, 1.165) is 30.6 Å². The van der Waals surface area contributed by atoms with E-state index < -0.39 is 11.3 Å². The molecule has 0 heterocycles. The summed E-state index contributed by atoms with van der Waals surface area (Å²) in [5.74, 6) is 1.77. The molecule has 0 rings (SSSR count). The Morgan fingerprint density at radius 2 is 1.62 bits per heavy atom. The summed E-state index contributed by atoms with van der Waals surface area (Å²) in [6, 6.07) is -0.0579.